The molecule has 2 atom stereocenters. The molecule has 0 heterocycles. The van der Waals surface area contributed by atoms with Crippen molar-refractivity contribution in [1.29, 1.82) is 0 Å². The standard InChI is InChI=1S/C14H14INO4/c1-3-12(15)20-14(18)16-11(13(17)19-2)9-10-7-5-4-6-8-10/h1,4-8,11-12H,9H2,2H3,(H,16,18)/t11-,12?/m0/s1. The summed E-state index contributed by atoms with van der Waals surface area (Å²) in [5, 5.41) is 2.45. The Morgan fingerprint density at radius 1 is 1.40 bits per heavy atom. The minimum absolute atomic E-state index is 0.310. The highest BCUT2D eigenvalue weighted by Gasteiger charge is 2.23. The van der Waals surface area contributed by atoms with Crippen molar-refractivity contribution in [2.45, 2.75) is 16.6 Å². The fraction of sp³-hybridized carbons (Fsp3) is 0.286. The zero-order chi connectivity index (χ0) is 15.0. The Kier molecular flexibility index (Phi) is 6.87. The maximum atomic E-state index is 11.7. The molecule has 1 aromatic carbocycles. The second kappa shape index (κ2) is 8.43. The highest BCUT2D eigenvalue weighted by atomic mass is 127. The third kappa shape index (κ3) is 5.48. The highest BCUT2D eigenvalue weighted by molar-refractivity contribution is 14.1. The molecule has 0 fully saturated rings. The number of carbonyl (C=O) groups is 2. The van der Waals surface area contributed by atoms with E-state index < -0.39 is 22.2 Å². The molecule has 0 aliphatic heterocycles. The van der Waals surface area contributed by atoms with E-state index in [0.29, 0.717) is 6.42 Å². The molecule has 1 rings (SSSR count). The molecule has 0 bridgehead atoms. The number of hydrogen-bond donors (Lipinski definition) is 1. The fourth-order valence-corrected chi connectivity index (χ4v) is 1.72. The van der Waals surface area contributed by atoms with Crippen LogP contribution in [0.25, 0.3) is 0 Å². The van der Waals surface area contributed by atoms with Crippen LogP contribution in [0.4, 0.5) is 4.79 Å². The summed E-state index contributed by atoms with van der Waals surface area (Å²) in [4.78, 5) is 23.3. The van der Waals surface area contributed by atoms with Crippen molar-refractivity contribution < 1.29 is 19.1 Å². The van der Waals surface area contributed by atoms with Gasteiger partial charge in [-0.2, -0.15) is 0 Å². The minimum Gasteiger partial charge on any atom is -0.467 e. The maximum absolute atomic E-state index is 11.7. The summed E-state index contributed by atoms with van der Waals surface area (Å²) in [6.07, 6.45) is 4.66. The molecule has 0 saturated heterocycles. The van der Waals surface area contributed by atoms with Crippen molar-refractivity contribution in [1.82, 2.24) is 5.32 Å². The molecule has 1 amide bonds. The smallest absolute Gasteiger partial charge is 0.409 e. The van der Waals surface area contributed by atoms with Crippen molar-refractivity contribution in [3.63, 3.8) is 0 Å². The first-order valence-corrected chi connectivity index (χ1v) is 7.00. The number of nitrogens with one attached hydrogen (secondary N) is 1. The first-order chi connectivity index (χ1) is 9.56. The van der Waals surface area contributed by atoms with Gasteiger partial charge in [0.1, 0.15) is 6.04 Å². The number of rotatable bonds is 5. The number of esters is 1. The Morgan fingerprint density at radius 3 is 2.60 bits per heavy atom. The van der Waals surface area contributed by atoms with E-state index in [0.717, 1.165) is 5.56 Å². The number of hydrogen-bond acceptors (Lipinski definition) is 4. The van der Waals surface area contributed by atoms with Crippen LogP contribution in [0.5, 0.6) is 0 Å². The number of ether oxygens (including phenoxy) is 2. The van der Waals surface area contributed by atoms with Crippen LogP contribution >= 0.6 is 22.6 Å². The third-order valence-corrected chi connectivity index (χ3v) is 3.02. The van der Waals surface area contributed by atoms with Crippen molar-refractivity contribution in [3.8, 4) is 12.3 Å². The predicted octanol–water partition coefficient (Wildman–Crippen LogP) is 1.89. The normalized spacial score (nSPS) is 12.7. The lowest BCUT2D eigenvalue weighted by atomic mass is 10.1. The molecule has 106 valence electrons. The zero-order valence-corrected chi connectivity index (χ0v) is 13.0. The molecule has 1 unspecified atom stereocenters. The highest BCUT2D eigenvalue weighted by Crippen LogP contribution is 2.06. The van der Waals surface area contributed by atoms with Gasteiger partial charge in [0, 0.05) is 6.42 Å². The van der Waals surface area contributed by atoms with E-state index in [9.17, 15) is 9.59 Å². The molecular weight excluding hydrogens is 373 g/mol. The van der Waals surface area contributed by atoms with Gasteiger partial charge in [-0.25, -0.2) is 9.59 Å². The summed E-state index contributed by atoms with van der Waals surface area (Å²) in [6, 6.07) is 8.45. The third-order valence-electron chi connectivity index (χ3n) is 2.40. The molecular formula is C14H14INO4. The Balaban J connectivity index is 2.68. The summed E-state index contributed by atoms with van der Waals surface area (Å²) in [6.45, 7) is 0. The summed E-state index contributed by atoms with van der Waals surface area (Å²) in [7, 11) is 1.26. The van der Waals surface area contributed by atoms with Gasteiger partial charge in [0.25, 0.3) is 0 Å². The van der Waals surface area contributed by atoms with Crippen LogP contribution in [0.2, 0.25) is 0 Å². The van der Waals surface area contributed by atoms with Crippen LogP contribution in [-0.2, 0) is 20.7 Å². The fourth-order valence-electron chi connectivity index (χ4n) is 1.49. The molecule has 1 N–H and O–H groups in total. The number of carbonyl (C=O) groups excluding carboxylic acids is 2. The van der Waals surface area contributed by atoms with Crippen LogP contribution in [0.3, 0.4) is 0 Å². The number of amides is 1. The number of halogens is 1. The van der Waals surface area contributed by atoms with Crippen LogP contribution in [-0.4, -0.2) is 29.3 Å². The van der Waals surface area contributed by atoms with Crippen LogP contribution in [0.15, 0.2) is 30.3 Å². The van der Waals surface area contributed by atoms with Gasteiger partial charge in [-0.3, -0.25) is 0 Å². The largest absolute Gasteiger partial charge is 0.467 e. The summed E-state index contributed by atoms with van der Waals surface area (Å²) >= 11 is 1.78. The second-order valence-electron chi connectivity index (χ2n) is 3.80. The van der Waals surface area contributed by atoms with E-state index in [1.54, 1.807) is 22.6 Å². The van der Waals surface area contributed by atoms with Gasteiger partial charge in [-0.15, -0.1) is 6.42 Å². The van der Waals surface area contributed by atoms with E-state index in [1.807, 2.05) is 30.3 Å². The number of alkyl carbamates (subject to hydrolysis) is 1. The molecule has 0 saturated carbocycles. The van der Waals surface area contributed by atoms with Crippen LogP contribution in [0, 0.1) is 12.3 Å². The van der Waals surface area contributed by atoms with E-state index in [-0.39, 0.29) is 0 Å². The average Bonchev–Trinajstić information content (AvgIpc) is 2.46. The molecule has 0 aliphatic carbocycles. The van der Waals surface area contributed by atoms with Crippen molar-refractivity contribution in [2.75, 3.05) is 7.11 Å². The van der Waals surface area contributed by atoms with Gasteiger partial charge in [0.2, 0.25) is 4.11 Å². The molecule has 6 heteroatoms. The van der Waals surface area contributed by atoms with E-state index in [4.69, 9.17) is 11.2 Å². The Bertz CT molecular complexity index is 498. The molecule has 0 spiro atoms. The Morgan fingerprint density at radius 2 is 2.05 bits per heavy atom. The molecule has 5 nitrogen and oxygen atoms in total. The quantitative estimate of drug-likeness (QED) is 0.363. The average molecular weight is 387 g/mol. The van der Waals surface area contributed by atoms with E-state index in [2.05, 4.69) is 16.0 Å². The van der Waals surface area contributed by atoms with Gasteiger partial charge < -0.3 is 14.8 Å². The molecule has 0 aliphatic rings. The number of alkyl halides is 1. The van der Waals surface area contributed by atoms with Gasteiger partial charge in [0.05, 0.1) is 7.11 Å². The topological polar surface area (TPSA) is 64.6 Å². The van der Waals surface area contributed by atoms with Crippen LogP contribution in [0.1, 0.15) is 5.56 Å². The van der Waals surface area contributed by atoms with Crippen molar-refractivity contribution in [2.24, 2.45) is 0 Å². The first kappa shape index (κ1) is 16.3. The number of methoxy groups -OCH3 is 1. The monoisotopic (exact) mass is 387 g/mol. The van der Waals surface area contributed by atoms with Gasteiger partial charge in [0.15, 0.2) is 0 Å². The van der Waals surface area contributed by atoms with E-state index in [1.165, 1.54) is 7.11 Å². The van der Waals surface area contributed by atoms with Gasteiger partial charge in [-0.1, -0.05) is 36.3 Å². The summed E-state index contributed by atoms with van der Waals surface area (Å²) < 4.78 is 8.83. The molecule has 0 radical (unpaired) electrons. The van der Waals surface area contributed by atoms with E-state index >= 15 is 0 Å². The van der Waals surface area contributed by atoms with Crippen LogP contribution < -0.4 is 5.32 Å². The SMILES string of the molecule is C#CC(I)OC(=O)N[C@@H](Cc1ccccc1)C(=O)OC. The maximum Gasteiger partial charge on any atom is 0.409 e. The van der Waals surface area contributed by atoms with Gasteiger partial charge in [-0.05, 0) is 28.2 Å². The molecule has 20 heavy (non-hydrogen) atoms. The zero-order valence-electron chi connectivity index (χ0n) is 10.8. The van der Waals surface area contributed by atoms with Crippen molar-refractivity contribution in [3.05, 3.63) is 35.9 Å². The lowest BCUT2D eigenvalue weighted by Gasteiger charge is -2.17. The molecule has 1 aromatic rings. The summed E-state index contributed by atoms with van der Waals surface area (Å²) in [5.74, 6) is 1.70. The second-order valence-corrected chi connectivity index (χ2v) is 4.93. The molecule has 0 aromatic heterocycles. The Hall–Kier alpha value is -1.75. The summed E-state index contributed by atoms with van der Waals surface area (Å²) in [5.41, 5.74) is 0.895. The minimum atomic E-state index is -0.823. The van der Waals surface area contributed by atoms with Gasteiger partial charge >= 0.3 is 12.1 Å². The number of benzene rings is 1. The van der Waals surface area contributed by atoms with Crippen molar-refractivity contribution >= 4 is 34.7 Å². The number of terminal acetylenes is 1. The predicted molar refractivity (Wildman–Crippen MR) is 82.2 cm³/mol. The first-order valence-electron chi connectivity index (χ1n) is 5.76. The lowest BCUT2D eigenvalue weighted by molar-refractivity contribution is -0.142. The Labute approximate surface area is 131 Å². The lowest BCUT2D eigenvalue weighted by Crippen LogP contribution is -2.43.